The van der Waals surface area contributed by atoms with Crippen molar-refractivity contribution in [1.82, 2.24) is 5.32 Å². The van der Waals surface area contributed by atoms with Crippen LogP contribution in [0.3, 0.4) is 0 Å². The number of carbonyl (C=O) groups excluding carboxylic acids is 2. The molecule has 1 aliphatic heterocycles. The van der Waals surface area contributed by atoms with E-state index in [9.17, 15) is 9.59 Å². The first-order valence-corrected chi connectivity index (χ1v) is 8.92. The number of rotatable bonds is 6. The number of methoxy groups -OCH3 is 2. The van der Waals surface area contributed by atoms with Gasteiger partial charge in [-0.2, -0.15) is 0 Å². The Bertz CT molecular complexity index is 751. The van der Waals surface area contributed by atoms with Gasteiger partial charge in [-0.3, -0.25) is 4.79 Å². The summed E-state index contributed by atoms with van der Waals surface area (Å²) in [4.78, 5) is 25.4. The Morgan fingerprint density at radius 2 is 1.93 bits per heavy atom. The zero-order chi connectivity index (χ0) is 20.2. The monoisotopic (exact) mass is 396 g/mol. The predicted molar refractivity (Wildman–Crippen MR) is 101 cm³/mol. The van der Waals surface area contributed by atoms with Gasteiger partial charge in [0.15, 0.2) is 0 Å². The van der Waals surface area contributed by atoms with Crippen molar-refractivity contribution in [2.24, 2.45) is 11.7 Å². The average Bonchev–Trinajstić information content (AvgIpc) is 2.65. The maximum atomic E-state index is 12.8. The van der Waals surface area contributed by atoms with Crippen LogP contribution < -0.4 is 11.1 Å². The van der Waals surface area contributed by atoms with Crippen LogP contribution in [-0.4, -0.2) is 45.0 Å². The smallest absolute Gasteiger partial charge is 0.336 e. The summed E-state index contributed by atoms with van der Waals surface area (Å²) in [6.07, 6.45) is 0. The summed E-state index contributed by atoms with van der Waals surface area (Å²) in [5, 5.41) is 3.56. The fourth-order valence-electron chi connectivity index (χ4n) is 3.57. The lowest BCUT2D eigenvalue weighted by Crippen LogP contribution is -2.59. The van der Waals surface area contributed by atoms with Crippen molar-refractivity contribution >= 4 is 23.5 Å². The van der Waals surface area contributed by atoms with Gasteiger partial charge in [0.25, 0.3) is 0 Å². The molecule has 0 aromatic heterocycles. The molecular formula is C19H25ClN2O5. The minimum Gasteiger partial charge on any atom is -0.469 e. The minimum atomic E-state index is -1.15. The second-order valence-electron chi connectivity index (χ2n) is 6.40. The van der Waals surface area contributed by atoms with Crippen LogP contribution in [0.2, 0.25) is 5.02 Å². The van der Waals surface area contributed by atoms with E-state index in [-0.39, 0.29) is 13.2 Å². The molecule has 0 amide bonds. The normalized spacial score (nSPS) is 25.0. The van der Waals surface area contributed by atoms with E-state index in [1.54, 1.807) is 38.1 Å². The van der Waals surface area contributed by atoms with Gasteiger partial charge in [-0.25, -0.2) is 4.79 Å². The van der Waals surface area contributed by atoms with Crippen molar-refractivity contribution in [3.8, 4) is 0 Å². The zero-order valence-corrected chi connectivity index (χ0v) is 16.6. The van der Waals surface area contributed by atoms with Crippen LogP contribution >= 0.6 is 11.6 Å². The molecule has 7 nitrogen and oxygen atoms in total. The molecular weight excluding hydrogens is 372 g/mol. The molecule has 1 aromatic rings. The number of benzene rings is 1. The molecule has 3 N–H and O–H groups in total. The van der Waals surface area contributed by atoms with E-state index in [4.69, 9.17) is 31.5 Å². The first kappa shape index (κ1) is 21.2. The second-order valence-corrected chi connectivity index (χ2v) is 6.81. The van der Waals surface area contributed by atoms with Crippen LogP contribution in [-0.2, 0) is 23.8 Å². The van der Waals surface area contributed by atoms with Crippen LogP contribution in [0.15, 0.2) is 35.5 Å². The Morgan fingerprint density at radius 3 is 2.48 bits per heavy atom. The summed E-state index contributed by atoms with van der Waals surface area (Å²) in [7, 11) is 2.58. The standard InChI is InChI=1S/C19H25ClN2O5/c1-11-14(17(23)25-3)15(12-7-5-6-8-13(12)20)16(18(24)26-4)19(2,22-11)27-10-9-21/h5-8,15-16,22H,9-10,21H2,1-4H3/t15-,16-,19+/m0/s1. The van der Waals surface area contributed by atoms with E-state index in [1.807, 2.05) is 0 Å². The van der Waals surface area contributed by atoms with Gasteiger partial charge in [-0.15, -0.1) is 0 Å². The third-order valence-corrected chi connectivity index (χ3v) is 5.04. The Hall–Kier alpha value is -2.09. The van der Waals surface area contributed by atoms with E-state index >= 15 is 0 Å². The molecule has 0 aliphatic carbocycles. The molecule has 1 aliphatic rings. The number of ether oxygens (including phenoxy) is 3. The maximum Gasteiger partial charge on any atom is 0.336 e. The van der Waals surface area contributed by atoms with Crippen molar-refractivity contribution in [3.63, 3.8) is 0 Å². The molecule has 0 radical (unpaired) electrons. The Morgan fingerprint density at radius 1 is 1.26 bits per heavy atom. The van der Waals surface area contributed by atoms with E-state index in [0.29, 0.717) is 21.9 Å². The average molecular weight is 397 g/mol. The lowest BCUT2D eigenvalue weighted by atomic mass is 9.72. The Balaban J connectivity index is 2.74. The highest BCUT2D eigenvalue weighted by Crippen LogP contribution is 2.46. The quantitative estimate of drug-likeness (QED) is 0.709. The highest BCUT2D eigenvalue weighted by Gasteiger charge is 2.53. The lowest BCUT2D eigenvalue weighted by molar-refractivity contribution is -0.166. The van der Waals surface area contributed by atoms with Gasteiger partial charge in [0, 0.05) is 23.2 Å². The Labute approximate surface area is 163 Å². The van der Waals surface area contributed by atoms with Gasteiger partial charge < -0.3 is 25.3 Å². The summed E-state index contributed by atoms with van der Waals surface area (Å²) in [6.45, 7) is 3.95. The molecule has 3 atom stereocenters. The number of esters is 2. The van der Waals surface area contributed by atoms with Crippen LogP contribution in [0.5, 0.6) is 0 Å². The number of hydrogen-bond donors (Lipinski definition) is 2. The first-order valence-electron chi connectivity index (χ1n) is 8.54. The molecule has 1 heterocycles. The number of nitrogens with one attached hydrogen (secondary N) is 1. The van der Waals surface area contributed by atoms with Gasteiger partial charge in [0.05, 0.1) is 26.4 Å². The van der Waals surface area contributed by atoms with Gasteiger partial charge in [0.1, 0.15) is 11.6 Å². The van der Waals surface area contributed by atoms with E-state index in [1.165, 1.54) is 14.2 Å². The molecule has 0 unspecified atom stereocenters. The highest BCUT2D eigenvalue weighted by atomic mass is 35.5. The highest BCUT2D eigenvalue weighted by molar-refractivity contribution is 6.31. The number of allylic oxidation sites excluding steroid dienone is 1. The summed E-state index contributed by atoms with van der Waals surface area (Å²) in [5.41, 5.74) is 5.87. The number of hydrogen-bond acceptors (Lipinski definition) is 7. The van der Waals surface area contributed by atoms with Crippen LogP contribution in [0.1, 0.15) is 25.3 Å². The zero-order valence-electron chi connectivity index (χ0n) is 15.9. The molecule has 0 bridgehead atoms. The fourth-order valence-corrected chi connectivity index (χ4v) is 3.83. The molecule has 1 aromatic carbocycles. The molecule has 0 fully saturated rings. The second kappa shape index (κ2) is 8.73. The largest absolute Gasteiger partial charge is 0.469 e. The molecule has 0 saturated carbocycles. The molecule has 0 spiro atoms. The van der Waals surface area contributed by atoms with Gasteiger partial charge in [0.2, 0.25) is 0 Å². The topological polar surface area (TPSA) is 99.9 Å². The van der Waals surface area contributed by atoms with Crippen molar-refractivity contribution < 1.29 is 23.8 Å². The lowest BCUT2D eigenvalue weighted by Gasteiger charge is -2.46. The molecule has 27 heavy (non-hydrogen) atoms. The minimum absolute atomic E-state index is 0.215. The summed E-state index contributed by atoms with van der Waals surface area (Å²) < 4.78 is 15.9. The van der Waals surface area contributed by atoms with Gasteiger partial charge in [-0.05, 0) is 25.5 Å². The predicted octanol–water partition coefficient (Wildman–Crippen LogP) is 1.95. The van der Waals surface area contributed by atoms with Crippen molar-refractivity contribution in [2.45, 2.75) is 25.5 Å². The number of halogens is 1. The summed E-state index contributed by atoms with van der Waals surface area (Å²) in [5.74, 6) is -2.71. The third kappa shape index (κ3) is 4.10. The van der Waals surface area contributed by atoms with E-state index < -0.39 is 29.5 Å². The van der Waals surface area contributed by atoms with Gasteiger partial charge >= 0.3 is 11.9 Å². The number of carbonyl (C=O) groups is 2. The first-order chi connectivity index (χ1) is 12.8. The van der Waals surface area contributed by atoms with Crippen LogP contribution in [0, 0.1) is 5.92 Å². The van der Waals surface area contributed by atoms with E-state index in [2.05, 4.69) is 5.32 Å². The molecule has 148 valence electrons. The van der Waals surface area contributed by atoms with Gasteiger partial charge in [-0.1, -0.05) is 29.8 Å². The number of nitrogens with two attached hydrogens (primary N) is 1. The fraction of sp³-hybridized carbons (Fsp3) is 0.474. The Kier molecular flexibility index (Phi) is 6.86. The molecule has 8 heteroatoms. The maximum absolute atomic E-state index is 12.8. The third-order valence-electron chi connectivity index (χ3n) is 4.70. The van der Waals surface area contributed by atoms with Crippen LogP contribution in [0.25, 0.3) is 0 Å². The van der Waals surface area contributed by atoms with E-state index in [0.717, 1.165) is 0 Å². The van der Waals surface area contributed by atoms with Crippen molar-refractivity contribution in [1.29, 1.82) is 0 Å². The molecule has 0 saturated heterocycles. The summed E-state index contributed by atoms with van der Waals surface area (Å²) in [6, 6.07) is 7.04. The molecule has 2 rings (SSSR count). The van der Waals surface area contributed by atoms with Crippen molar-refractivity contribution in [3.05, 3.63) is 46.1 Å². The van der Waals surface area contributed by atoms with Crippen molar-refractivity contribution in [2.75, 3.05) is 27.4 Å². The van der Waals surface area contributed by atoms with Crippen LogP contribution in [0.4, 0.5) is 0 Å². The summed E-state index contributed by atoms with van der Waals surface area (Å²) >= 11 is 6.42. The SMILES string of the molecule is COC(=O)C1=C(C)N[C@](C)(OCCN)[C@H](C(=O)OC)[C@H]1c1ccccc1Cl.